The van der Waals surface area contributed by atoms with Crippen LogP contribution in [0.15, 0.2) is 48.5 Å². The Bertz CT molecular complexity index is 783. The van der Waals surface area contributed by atoms with E-state index >= 15 is 0 Å². The lowest BCUT2D eigenvalue weighted by molar-refractivity contribution is 0.0340. The Morgan fingerprint density at radius 2 is 1.63 bits per heavy atom. The topological polar surface area (TPSA) is 67.9 Å². The van der Waals surface area contributed by atoms with Gasteiger partial charge in [-0.2, -0.15) is 0 Å². The van der Waals surface area contributed by atoms with Gasteiger partial charge in [-0.15, -0.1) is 0 Å². The van der Waals surface area contributed by atoms with E-state index in [1.54, 1.807) is 24.3 Å². The summed E-state index contributed by atoms with van der Waals surface area (Å²) in [5, 5.41) is 2.96. The second kappa shape index (κ2) is 9.30. The molecule has 0 saturated carbocycles. The number of benzene rings is 2. The summed E-state index contributed by atoms with van der Waals surface area (Å²) in [4.78, 5) is 26.2. The molecule has 2 aromatic rings. The fraction of sp³-hybridized carbons (Fsp3) is 0.333. The van der Waals surface area contributed by atoms with Crippen LogP contribution in [0.2, 0.25) is 0 Å². The van der Waals surface area contributed by atoms with Gasteiger partial charge < -0.3 is 14.8 Å². The second-order valence-corrected chi connectivity index (χ2v) is 6.41. The predicted molar refractivity (Wildman–Crippen MR) is 101 cm³/mol. The van der Waals surface area contributed by atoms with Crippen LogP contribution in [0.5, 0.6) is 0 Å². The fourth-order valence-electron chi connectivity index (χ4n) is 3.04. The monoisotopic (exact) mass is 368 g/mol. The molecule has 1 fully saturated rings. The summed E-state index contributed by atoms with van der Waals surface area (Å²) in [5.74, 6) is -0.591. The first kappa shape index (κ1) is 19.1. The Morgan fingerprint density at radius 3 is 2.30 bits per heavy atom. The highest BCUT2D eigenvalue weighted by molar-refractivity contribution is 5.96. The number of hydrogen-bond acceptors (Lipinski definition) is 5. The van der Waals surface area contributed by atoms with Crippen molar-refractivity contribution in [3.63, 3.8) is 0 Å². The van der Waals surface area contributed by atoms with Crippen LogP contribution in [-0.4, -0.2) is 50.2 Å². The van der Waals surface area contributed by atoms with Crippen LogP contribution in [0.1, 0.15) is 31.8 Å². The van der Waals surface area contributed by atoms with Gasteiger partial charge in [-0.1, -0.05) is 24.3 Å². The van der Waals surface area contributed by atoms with E-state index in [-0.39, 0.29) is 5.91 Å². The first-order valence-electron chi connectivity index (χ1n) is 9.01. The maximum absolute atomic E-state index is 12.4. The molecule has 142 valence electrons. The number of methoxy groups -OCH3 is 1. The average molecular weight is 368 g/mol. The third-order valence-electron chi connectivity index (χ3n) is 4.62. The number of amides is 1. The van der Waals surface area contributed by atoms with Gasteiger partial charge in [0.2, 0.25) is 0 Å². The SMILES string of the molecule is COC(=O)c1ccc(C(=O)NCc2ccccc2CN2CCOCC2)cc1. The standard InChI is InChI=1S/C21H24N2O4/c1-26-21(25)17-8-6-16(7-9-17)20(24)22-14-18-4-2-3-5-19(18)15-23-10-12-27-13-11-23/h2-9H,10-15H2,1H3,(H,22,24). The molecule has 3 rings (SSSR count). The zero-order valence-corrected chi connectivity index (χ0v) is 15.4. The highest BCUT2D eigenvalue weighted by atomic mass is 16.5. The quantitative estimate of drug-likeness (QED) is 0.792. The number of nitrogens with one attached hydrogen (secondary N) is 1. The Morgan fingerprint density at radius 1 is 1.00 bits per heavy atom. The molecule has 27 heavy (non-hydrogen) atoms. The average Bonchev–Trinajstić information content (AvgIpc) is 2.73. The molecule has 0 bridgehead atoms. The van der Waals surface area contributed by atoms with Crippen molar-refractivity contribution in [3.8, 4) is 0 Å². The Hall–Kier alpha value is -2.70. The van der Waals surface area contributed by atoms with E-state index in [0.717, 1.165) is 38.4 Å². The molecule has 1 N–H and O–H groups in total. The van der Waals surface area contributed by atoms with E-state index in [9.17, 15) is 9.59 Å². The largest absolute Gasteiger partial charge is 0.465 e. The third kappa shape index (κ3) is 5.15. The normalized spacial score (nSPS) is 14.6. The minimum atomic E-state index is -0.418. The zero-order chi connectivity index (χ0) is 19.1. The number of esters is 1. The minimum absolute atomic E-state index is 0.174. The van der Waals surface area contributed by atoms with E-state index in [1.807, 2.05) is 18.2 Å². The van der Waals surface area contributed by atoms with E-state index in [4.69, 9.17) is 4.74 Å². The number of carbonyl (C=O) groups is 2. The lowest BCUT2D eigenvalue weighted by atomic mass is 10.1. The van der Waals surface area contributed by atoms with Crippen molar-refractivity contribution >= 4 is 11.9 Å². The maximum Gasteiger partial charge on any atom is 0.337 e. The van der Waals surface area contributed by atoms with Crippen LogP contribution >= 0.6 is 0 Å². The molecular weight excluding hydrogens is 344 g/mol. The van der Waals surface area contributed by atoms with Crippen molar-refractivity contribution in [2.45, 2.75) is 13.1 Å². The van der Waals surface area contributed by atoms with Gasteiger partial charge >= 0.3 is 5.97 Å². The highest BCUT2D eigenvalue weighted by Gasteiger charge is 2.14. The summed E-state index contributed by atoms with van der Waals surface area (Å²) in [7, 11) is 1.33. The van der Waals surface area contributed by atoms with Gasteiger partial charge in [0.25, 0.3) is 5.91 Å². The van der Waals surface area contributed by atoms with Crippen LogP contribution in [-0.2, 0) is 22.6 Å². The van der Waals surface area contributed by atoms with Crippen molar-refractivity contribution in [1.82, 2.24) is 10.2 Å². The molecule has 1 heterocycles. The number of ether oxygens (including phenoxy) is 2. The number of nitrogens with zero attached hydrogens (tertiary/aromatic N) is 1. The predicted octanol–water partition coefficient (Wildman–Crippen LogP) is 2.24. The van der Waals surface area contributed by atoms with Crippen LogP contribution in [0.3, 0.4) is 0 Å². The van der Waals surface area contributed by atoms with Gasteiger partial charge in [0.15, 0.2) is 0 Å². The Balaban J connectivity index is 1.60. The highest BCUT2D eigenvalue weighted by Crippen LogP contribution is 2.13. The molecule has 0 atom stereocenters. The number of carbonyl (C=O) groups excluding carboxylic acids is 2. The molecule has 6 nitrogen and oxygen atoms in total. The smallest absolute Gasteiger partial charge is 0.337 e. The Labute approximate surface area is 159 Å². The molecule has 1 amide bonds. The van der Waals surface area contributed by atoms with Crippen molar-refractivity contribution in [2.75, 3.05) is 33.4 Å². The van der Waals surface area contributed by atoms with Crippen molar-refractivity contribution in [1.29, 1.82) is 0 Å². The molecule has 2 aromatic carbocycles. The molecule has 0 unspecified atom stereocenters. The third-order valence-corrected chi connectivity index (χ3v) is 4.62. The van der Waals surface area contributed by atoms with E-state index in [0.29, 0.717) is 17.7 Å². The van der Waals surface area contributed by atoms with Crippen molar-refractivity contribution in [2.24, 2.45) is 0 Å². The number of rotatable bonds is 6. The summed E-state index contributed by atoms with van der Waals surface area (Å²) in [6, 6.07) is 14.6. The van der Waals surface area contributed by atoms with Gasteiger partial charge in [0, 0.05) is 31.7 Å². The molecule has 1 aliphatic heterocycles. The molecule has 0 radical (unpaired) electrons. The molecule has 1 aliphatic rings. The van der Waals surface area contributed by atoms with Crippen LogP contribution in [0.4, 0.5) is 0 Å². The van der Waals surface area contributed by atoms with E-state index < -0.39 is 5.97 Å². The molecule has 0 aromatic heterocycles. The van der Waals surface area contributed by atoms with Gasteiger partial charge in [-0.05, 0) is 35.4 Å². The summed E-state index contributed by atoms with van der Waals surface area (Å²) in [6.07, 6.45) is 0. The molecule has 1 saturated heterocycles. The number of hydrogen-bond donors (Lipinski definition) is 1. The maximum atomic E-state index is 12.4. The second-order valence-electron chi connectivity index (χ2n) is 6.41. The van der Waals surface area contributed by atoms with Gasteiger partial charge in [-0.3, -0.25) is 9.69 Å². The summed E-state index contributed by atoms with van der Waals surface area (Å²) in [6.45, 7) is 4.68. The van der Waals surface area contributed by atoms with Crippen LogP contribution in [0.25, 0.3) is 0 Å². The molecular formula is C21H24N2O4. The number of morpholine rings is 1. The van der Waals surface area contributed by atoms with Crippen LogP contribution < -0.4 is 5.32 Å². The van der Waals surface area contributed by atoms with Gasteiger partial charge in [0.1, 0.15) is 0 Å². The lowest BCUT2D eigenvalue weighted by Gasteiger charge is -2.27. The van der Waals surface area contributed by atoms with Gasteiger partial charge in [0.05, 0.1) is 25.9 Å². The molecule has 0 spiro atoms. The fourth-order valence-corrected chi connectivity index (χ4v) is 3.04. The summed E-state index contributed by atoms with van der Waals surface area (Å²) < 4.78 is 10.1. The van der Waals surface area contributed by atoms with Gasteiger partial charge in [-0.25, -0.2) is 4.79 Å². The molecule has 6 heteroatoms. The van der Waals surface area contributed by atoms with Crippen molar-refractivity contribution in [3.05, 3.63) is 70.8 Å². The van der Waals surface area contributed by atoms with E-state index in [2.05, 4.69) is 21.0 Å². The lowest BCUT2D eigenvalue weighted by Crippen LogP contribution is -2.36. The van der Waals surface area contributed by atoms with E-state index in [1.165, 1.54) is 12.7 Å². The summed E-state index contributed by atoms with van der Waals surface area (Å²) in [5.41, 5.74) is 3.24. The zero-order valence-electron chi connectivity index (χ0n) is 15.4. The Kier molecular flexibility index (Phi) is 6.57. The van der Waals surface area contributed by atoms with Crippen LogP contribution in [0, 0.1) is 0 Å². The van der Waals surface area contributed by atoms with Crippen molar-refractivity contribution < 1.29 is 19.1 Å². The first-order chi connectivity index (χ1) is 13.2. The minimum Gasteiger partial charge on any atom is -0.465 e. The molecule has 0 aliphatic carbocycles. The summed E-state index contributed by atoms with van der Waals surface area (Å²) >= 11 is 0. The first-order valence-corrected chi connectivity index (χ1v) is 9.01.